The molecule has 0 aliphatic heterocycles. The van der Waals surface area contributed by atoms with Crippen molar-refractivity contribution in [2.24, 2.45) is 0 Å². The number of hydrogen-bond donors (Lipinski definition) is 1. The average Bonchev–Trinajstić information content (AvgIpc) is 3.11. The van der Waals surface area contributed by atoms with E-state index < -0.39 is 0 Å². The lowest BCUT2D eigenvalue weighted by molar-refractivity contribution is 0.838. The zero-order valence-electron chi connectivity index (χ0n) is 9.81. The Morgan fingerprint density at radius 3 is 2.78 bits per heavy atom. The minimum absolute atomic E-state index is 0.330. The second kappa shape index (κ2) is 4.65. The molecule has 1 aromatic carbocycles. The van der Waals surface area contributed by atoms with Gasteiger partial charge in [0, 0.05) is 16.8 Å². The highest BCUT2D eigenvalue weighted by atomic mass is 79.9. The molecule has 1 aromatic heterocycles. The molecule has 1 fully saturated rings. The summed E-state index contributed by atoms with van der Waals surface area (Å²) < 4.78 is 1.06. The first kappa shape index (κ1) is 11.6. The minimum Gasteiger partial charge on any atom is -0.368 e. The van der Waals surface area contributed by atoms with Crippen LogP contribution in [0.4, 0.5) is 5.95 Å². The summed E-state index contributed by atoms with van der Waals surface area (Å²) in [5.74, 6) is 2.43. The van der Waals surface area contributed by atoms with Gasteiger partial charge in [0.2, 0.25) is 5.95 Å². The molecular formula is C13H13BrN4. The second-order valence-electron chi connectivity index (χ2n) is 4.55. The molecular weight excluding hydrogens is 292 g/mol. The van der Waals surface area contributed by atoms with E-state index in [0.29, 0.717) is 18.3 Å². The van der Waals surface area contributed by atoms with E-state index in [1.807, 2.05) is 12.1 Å². The fraction of sp³-hybridized carbons (Fsp3) is 0.308. The van der Waals surface area contributed by atoms with Crippen LogP contribution in [0.15, 0.2) is 28.7 Å². The van der Waals surface area contributed by atoms with Gasteiger partial charge in [-0.2, -0.15) is 9.97 Å². The van der Waals surface area contributed by atoms with Gasteiger partial charge in [0.1, 0.15) is 11.6 Å². The molecule has 1 saturated carbocycles. The van der Waals surface area contributed by atoms with Gasteiger partial charge in [0.05, 0.1) is 0 Å². The van der Waals surface area contributed by atoms with Crippen molar-refractivity contribution in [3.05, 3.63) is 46.0 Å². The number of anilines is 1. The number of aromatic nitrogens is 3. The molecule has 0 bridgehead atoms. The lowest BCUT2D eigenvalue weighted by Crippen LogP contribution is -2.07. The van der Waals surface area contributed by atoms with Gasteiger partial charge in [0.25, 0.3) is 0 Å². The van der Waals surface area contributed by atoms with Crippen LogP contribution in [0.3, 0.4) is 0 Å². The molecule has 92 valence electrons. The molecule has 0 saturated heterocycles. The van der Waals surface area contributed by atoms with Crippen LogP contribution in [-0.2, 0) is 6.42 Å². The van der Waals surface area contributed by atoms with Crippen molar-refractivity contribution in [2.45, 2.75) is 25.2 Å². The minimum atomic E-state index is 0.330. The average molecular weight is 305 g/mol. The van der Waals surface area contributed by atoms with Gasteiger partial charge in [-0.3, -0.25) is 0 Å². The number of halogens is 1. The van der Waals surface area contributed by atoms with E-state index in [-0.39, 0.29) is 0 Å². The predicted octanol–water partition coefficient (Wildman–Crippen LogP) is 2.68. The predicted molar refractivity (Wildman–Crippen MR) is 73.2 cm³/mol. The van der Waals surface area contributed by atoms with E-state index in [0.717, 1.165) is 21.7 Å². The summed E-state index contributed by atoms with van der Waals surface area (Å²) in [6.07, 6.45) is 3.02. The maximum Gasteiger partial charge on any atom is 0.223 e. The van der Waals surface area contributed by atoms with Crippen LogP contribution in [0, 0.1) is 0 Å². The standard InChI is InChI=1S/C13H13BrN4/c14-10-3-1-2-8(6-10)7-11-16-12(9-4-5-9)18-13(15)17-11/h1-3,6,9H,4-5,7H2,(H2,15,16,17,18). The van der Waals surface area contributed by atoms with Crippen molar-refractivity contribution >= 4 is 21.9 Å². The van der Waals surface area contributed by atoms with Crippen LogP contribution in [0.2, 0.25) is 0 Å². The van der Waals surface area contributed by atoms with E-state index >= 15 is 0 Å². The molecule has 1 aliphatic carbocycles. The Balaban J connectivity index is 1.87. The van der Waals surface area contributed by atoms with Crippen molar-refractivity contribution in [1.82, 2.24) is 15.0 Å². The molecule has 5 heteroatoms. The second-order valence-corrected chi connectivity index (χ2v) is 5.46. The third-order valence-corrected chi connectivity index (χ3v) is 3.40. The highest BCUT2D eigenvalue weighted by Crippen LogP contribution is 2.38. The van der Waals surface area contributed by atoms with Gasteiger partial charge < -0.3 is 5.73 Å². The van der Waals surface area contributed by atoms with Gasteiger partial charge in [-0.05, 0) is 30.5 Å². The lowest BCUT2D eigenvalue weighted by Gasteiger charge is -2.04. The Morgan fingerprint density at radius 1 is 1.22 bits per heavy atom. The fourth-order valence-corrected chi connectivity index (χ4v) is 2.34. The van der Waals surface area contributed by atoms with Crippen molar-refractivity contribution in [2.75, 3.05) is 5.73 Å². The van der Waals surface area contributed by atoms with E-state index in [2.05, 4.69) is 43.0 Å². The Kier molecular flexibility index (Phi) is 2.99. The summed E-state index contributed by atoms with van der Waals surface area (Å²) in [7, 11) is 0. The molecule has 3 rings (SSSR count). The highest BCUT2D eigenvalue weighted by molar-refractivity contribution is 9.10. The maximum absolute atomic E-state index is 5.74. The monoisotopic (exact) mass is 304 g/mol. The Hall–Kier alpha value is -1.49. The Labute approximate surface area is 114 Å². The molecule has 1 aliphatic rings. The number of hydrogen-bond acceptors (Lipinski definition) is 4. The first-order chi connectivity index (χ1) is 8.70. The van der Waals surface area contributed by atoms with E-state index in [1.54, 1.807) is 0 Å². The largest absolute Gasteiger partial charge is 0.368 e. The van der Waals surface area contributed by atoms with Crippen LogP contribution >= 0.6 is 15.9 Å². The van der Waals surface area contributed by atoms with Crippen molar-refractivity contribution in [3.63, 3.8) is 0 Å². The smallest absolute Gasteiger partial charge is 0.223 e. The number of nitrogens with zero attached hydrogens (tertiary/aromatic N) is 3. The highest BCUT2D eigenvalue weighted by Gasteiger charge is 2.27. The van der Waals surface area contributed by atoms with Crippen molar-refractivity contribution in [3.8, 4) is 0 Å². The van der Waals surface area contributed by atoms with E-state index in [1.165, 1.54) is 12.8 Å². The lowest BCUT2D eigenvalue weighted by atomic mass is 10.1. The zero-order valence-corrected chi connectivity index (χ0v) is 11.4. The molecule has 0 spiro atoms. The van der Waals surface area contributed by atoms with Gasteiger partial charge >= 0.3 is 0 Å². The molecule has 4 nitrogen and oxygen atoms in total. The number of nitrogen functional groups attached to an aromatic ring is 1. The van der Waals surface area contributed by atoms with E-state index in [4.69, 9.17) is 5.73 Å². The first-order valence-electron chi connectivity index (χ1n) is 5.95. The SMILES string of the molecule is Nc1nc(Cc2cccc(Br)c2)nc(C2CC2)n1. The summed E-state index contributed by atoms with van der Waals surface area (Å²) in [6.45, 7) is 0. The van der Waals surface area contributed by atoms with Crippen LogP contribution in [0.25, 0.3) is 0 Å². The van der Waals surface area contributed by atoms with Crippen molar-refractivity contribution in [1.29, 1.82) is 0 Å². The molecule has 0 atom stereocenters. The van der Waals surface area contributed by atoms with Crippen molar-refractivity contribution < 1.29 is 0 Å². The van der Waals surface area contributed by atoms with E-state index in [9.17, 15) is 0 Å². The van der Waals surface area contributed by atoms with Crippen LogP contribution in [0.1, 0.15) is 36.0 Å². The Bertz CT molecular complexity index is 581. The number of rotatable bonds is 3. The summed E-state index contributed by atoms with van der Waals surface area (Å²) in [4.78, 5) is 12.9. The summed E-state index contributed by atoms with van der Waals surface area (Å²) in [5, 5.41) is 0. The summed E-state index contributed by atoms with van der Waals surface area (Å²) >= 11 is 3.46. The van der Waals surface area contributed by atoms with Crippen LogP contribution in [0.5, 0.6) is 0 Å². The normalized spacial score (nSPS) is 14.7. The zero-order chi connectivity index (χ0) is 12.5. The maximum atomic E-state index is 5.74. The third kappa shape index (κ3) is 2.67. The fourth-order valence-electron chi connectivity index (χ4n) is 1.89. The van der Waals surface area contributed by atoms with Gasteiger partial charge in [0.15, 0.2) is 0 Å². The van der Waals surface area contributed by atoms with Crippen LogP contribution in [-0.4, -0.2) is 15.0 Å². The first-order valence-corrected chi connectivity index (χ1v) is 6.75. The third-order valence-electron chi connectivity index (χ3n) is 2.91. The number of nitrogens with two attached hydrogens (primary N) is 1. The van der Waals surface area contributed by atoms with Gasteiger partial charge in [-0.15, -0.1) is 0 Å². The molecule has 0 radical (unpaired) electrons. The Morgan fingerprint density at radius 2 is 2.06 bits per heavy atom. The summed E-state index contributed by atoms with van der Waals surface area (Å²) in [5.41, 5.74) is 6.90. The van der Waals surface area contributed by atoms with Crippen LogP contribution < -0.4 is 5.73 Å². The summed E-state index contributed by atoms with van der Waals surface area (Å²) in [6, 6.07) is 8.13. The molecule has 0 unspecified atom stereocenters. The topological polar surface area (TPSA) is 64.7 Å². The number of benzene rings is 1. The molecule has 0 amide bonds. The molecule has 2 N–H and O–H groups in total. The van der Waals surface area contributed by atoms with Gasteiger partial charge in [-0.25, -0.2) is 4.98 Å². The molecule has 2 aromatic rings. The van der Waals surface area contributed by atoms with Gasteiger partial charge in [-0.1, -0.05) is 28.1 Å². The molecule has 1 heterocycles. The quantitative estimate of drug-likeness (QED) is 0.947. The molecule has 18 heavy (non-hydrogen) atoms.